The first kappa shape index (κ1) is 62.5. The lowest BCUT2D eigenvalue weighted by Gasteiger charge is -2.51. The van der Waals surface area contributed by atoms with Gasteiger partial charge in [-0.05, 0) is 36.2 Å². The number of fused-ring (bicyclic) bond motifs is 1. The molecular formula is C52H80N2O23. The first-order chi connectivity index (χ1) is 36.8. The second kappa shape index (κ2) is 29.2. The number of unbranched alkanes of at least 4 members (excludes halogenated alkanes) is 9. The highest BCUT2D eigenvalue weighted by molar-refractivity contribution is 5.98. The molecule has 4 aliphatic rings. The van der Waals surface area contributed by atoms with Crippen LogP contribution in [0.5, 0.6) is 0 Å². The predicted octanol–water partition coefficient (Wildman–Crippen LogP) is -1.84. The van der Waals surface area contributed by atoms with Gasteiger partial charge in [-0.15, -0.1) is 0 Å². The molecule has 0 spiro atoms. The molecule has 14 N–H and O–H groups in total. The van der Waals surface area contributed by atoms with Crippen molar-refractivity contribution in [1.29, 1.82) is 0 Å². The molecule has 4 fully saturated rings. The Balaban J connectivity index is 1.34. The van der Waals surface area contributed by atoms with Crippen LogP contribution in [0.4, 0.5) is 0 Å². The molecule has 21 atom stereocenters. The molecule has 0 unspecified atom stereocenters. The fourth-order valence-corrected chi connectivity index (χ4v) is 10.2. The lowest BCUT2D eigenvalue weighted by molar-refractivity contribution is -0.391. The van der Waals surface area contributed by atoms with Crippen LogP contribution in [0, 0.1) is 0 Å². The van der Waals surface area contributed by atoms with E-state index in [1.165, 1.54) is 26.2 Å². The number of carbonyl (C=O) groups excluding carboxylic acids is 2. The fraction of sp³-hybridized carbons (Fsp3) is 0.750. The van der Waals surface area contributed by atoms with Crippen LogP contribution in [0.25, 0.3) is 10.8 Å². The maximum Gasteiger partial charge on any atom is 0.364 e. The second-order valence-electron chi connectivity index (χ2n) is 20.4. The Bertz CT molecular complexity index is 2160. The molecule has 0 radical (unpaired) electrons. The highest BCUT2D eigenvalue weighted by Gasteiger charge is 2.61. The normalized spacial score (nSPS) is 36.5. The molecule has 4 saturated heterocycles. The standard InChI is InChI=1S/C52H80N2O23/c1-4-5-6-7-8-9-10-11-12-15-20-70-48-36(54-47(67)30-19-18-28-16-13-14-17-29(28)21-30)45(75-49-41(65)40(64)37(61)26(2)71-49)43(34(25-57)73-48)74-50-42(66)46(39(63)33(24-56)72-50)77-52(51(68)69)22-31(59)35(53-27(3)58)44(76-52)38(62)32(60)23-55/h13-14,16-19,21,26,31-46,48-50,55-57,59-66H,4-12,15,20,22-25H2,1-3H3,(H,53,58)(H,54,67)(H,68,69)/t26-,31-,32+,33+,34+,35+,36+,37+,38+,39-,40+,41-,42+,43+,44+,45+,46-,48+,49-,50-,52-/m0/s1. The zero-order chi connectivity index (χ0) is 56.1. The molecule has 0 bridgehead atoms. The minimum absolute atomic E-state index is 0.0778. The topological polar surface area (TPSA) is 392 Å². The number of benzene rings is 2. The maximum absolute atomic E-state index is 14.5. The molecule has 4 heterocycles. The number of carboxylic acids is 1. The van der Waals surface area contributed by atoms with Crippen molar-refractivity contribution in [3.05, 3.63) is 48.0 Å². The Morgan fingerprint density at radius 3 is 1.92 bits per heavy atom. The van der Waals surface area contributed by atoms with Crippen molar-refractivity contribution in [2.75, 3.05) is 26.4 Å². The van der Waals surface area contributed by atoms with E-state index in [2.05, 4.69) is 17.6 Å². The summed E-state index contributed by atoms with van der Waals surface area (Å²) in [5.41, 5.74) is 0.163. The summed E-state index contributed by atoms with van der Waals surface area (Å²) in [5, 5.41) is 138. The van der Waals surface area contributed by atoms with Crippen LogP contribution in [0.15, 0.2) is 42.5 Å². The van der Waals surface area contributed by atoms with Crippen LogP contribution in [0.1, 0.15) is 102 Å². The number of hydrogen-bond acceptors (Lipinski definition) is 22. The Morgan fingerprint density at radius 1 is 0.688 bits per heavy atom. The number of rotatable bonds is 27. The number of aliphatic hydroxyl groups excluding tert-OH is 11. The summed E-state index contributed by atoms with van der Waals surface area (Å²) < 4.78 is 48.9. The van der Waals surface area contributed by atoms with Gasteiger partial charge in [0, 0.05) is 25.5 Å². The highest BCUT2D eigenvalue weighted by Crippen LogP contribution is 2.39. The minimum Gasteiger partial charge on any atom is -0.477 e. The fourth-order valence-electron chi connectivity index (χ4n) is 10.2. The predicted molar refractivity (Wildman–Crippen MR) is 266 cm³/mol. The Kier molecular flexibility index (Phi) is 23.7. The van der Waals surface area contributed by atoms with E-state index in [1.54, 1.807) is 30.3 Å². The molecule has 6 rings (SSSR count). The lowest BCUT2D eigenvalue weighted by Crippen LogP contribution is -2.71. The SMILES string of the molecule is CCCCCCCCCCCCO[C@@H]1O[C@H](CO)[C@@H](O[C@@H]2O[C@H](CO)[C@H](O)[C@H](O[C@]3(C(=O)O)C[C@H](O)[C@@H](NC(C)=O)[C@H]([C@H](O)[C@H](O)CO)O3)[C@H]2O)[C@H](O[C@@H]2O[C@@H](C)[C@@H](O)[C@@H](O)[C@@H]2O)[C@H]1NC(=O)c1ccc2ccccc2c1. The van der Waals surface area contributed by atoms with Crippen molar-refractivity contribution in [3.63, 3.8) is 0 Å². The van der Waals surface area contributed by atoms with Crippen LogP contribution >= 0.6 is 0 Å². The lowest BCUT2D eigenvalue weighted by atomic mass is 9.88. The van der Waals surface area contributed by atoms with E-state index in [0.717, 1.165) is 50.8 Å². The first-order valence-corrected chi connectivity index (χ1v) is 26.6. The summed E-state index contributed by atoms with van der Waals surface area (Å²) in [4.78, 5) is 39.8. The van der Waals surface area contributed by atoms with Gasteiger partial charge in [-0.25, -0.2) is 4.79 Å². The van der Waals surface area contributed by atoms with Gasteiger partial charge in [0.25, 0.3) is 11.7 Å². The minimum atomic E-state index is -3.13. The number of aliphatic carboxylic acids is 1. The number of nitrogens with one attached hydrogen (secondary N) is 2. The van der Waals surface area contributed by atoms with Crippen molar-refractivity contribution >= 4 is 28.6 Å². The number of aliphatic hydroxyl groups is 11. The number of carboxylic acid groups (broad SMARTS) is 1. The second-order valence-corrected chi connectivity index (χ2v) is 20.4. The molecule has 0 saturated carbocycles. The number of hydrogen-bond donors (Lipinski definition) is 14. The van der Waals surface area contributed by atoms with E-state index < -0.39 is 172 Å². The molecule has 0 aromatic heterocycles. The van der Waals surface area contributed by atoms with Crippen molar-refractivity contribution in [2.45, 2.75) is 220 Å². The van der Waals surface area contributed by atoms with Crippen LogP contribution in [-0.4, -0.2) is 234 Å². The molecule has 2 aromatic rings. The van der Waals surface area contributed by atoms with Gasteiger partial charge >= 0.3 is 5.97 Å². The van der Waals surface area contributed by atoms with Gasteiger partial charge in [0.2, 0.25) is 5.91 Å². The molecular weight excluding hydrogens is 1020 g/mol. The smallest absolute Gasteiger partial charge is 0.364 e. The molecule has 4 aliphatic heterocycles. The summed E-state index contributed by atoms with van der Waals surface area (Å²) in [7, 11) is 0. The van der Waals surface area contributed by atoms with Crippen molar-refractivity contribution < 1.29 is 114 Å². The van der Waals surface area contributed by atoms with Gasteiger partial charge in [0.15, 0.2) is 18.9 Å². The van der Waals surface area contributed by atoms with E-state index in [4.69, 9.17) is 37.9 Å². The number of ether oxygens (including phenoxy) is 8. The Morgan fingerprint density at radius 2 is 1.30 bits per heavy atom. The van der Waals surface area contributed by atoms with Gasteiger partial charge in [-0.2, -0.15) is 0 Å². The van der Waals surface area contributed by atoms with E-state index in [0.29, 0.717) is 11.8 Å². The summed E-state index contributed by atoms with van der Waals surface area (Å²) in [6, 6.07) is 9.10. The molecule has 2 aromatic carbocycles. The maximum atomic E-state index is 14.5. The third kappa shape index (κ3) is 15.4. The molecule has 25 heteroatoms. The molecule has 436 valence electrons. The van der Waals surface area contributed by atoms with Crippen LogP contribution in [0.2, 0.25) is 0 Å². The summed E-state index contributed by atoms with van der Waals surface area (Å²) >= 11 is 0. The third-order valence-electron chi connectivity index (χ3n) is 14.6. The molecule has 2 amide bonds. The average Bonchev–Trinajstić information content (AvgIpc) is 3.44. The average molecular weight is 1100 g/mol. The van der Waals surface area contributed by atoms with E-state index in [9.17, 15) is 75.7 Å². The zero-order valence-corrected chi connectivity index (χ0v) is 43.6. The third-order valence-corrected chi connectivity index (χ3v) is 14.6. The summed E-state index contributed by atoms with van der Waals surface area (Å²) in [6.07, 6.45) is -24.4. The van der Waals surface area contributed by atoms with Crippen LogP contribution in [0.3, 0.4) is 0 Å². The van der Waals surface area contributed by atoms with Gasteiger partial charge in [0.05, 0.1) is 38.1 Å². The Hall–Kier alpha value is -3.65. The highest BCUT2D eigenvalue weighted by atomic mass is 16.8. The van der Waals surface area contributed by atoms with Crippen molar-refractivity contribution in [2.24, 2.45) is 0 Å². The monoisotopic (exact) mass is 1100 g/mol. The number of carbonyl (C=O) groups is 3. The van der Waals surface area contributed by atoms with Crippen molar-refractivity contribution in [1.82, 2.24) is 10.6 Å². The summed E-state index contributed by atoms with van der Waals surface area (Å²) in [5.74, 6) is -6.61. The largest absolute Gasteiger partial charge is 0.477 e. The molecule has 0 aliphatic carbocycles. The van der Waals surface area contributed by atoms with E-state index >= 15 is 0 Å². The first-order valence-electron chi connectivity index (χ1n) is 26.6. The molecule has 25 nitrogen and oxygen atoms in total. The quantitative estimate of drug-likeness (QED) is 0.0437. The van der Waals surface area contributed by atoms with Crippen LogP contribution in [-0.2, 0) is 47.5 Å². The van der Waals surface area contributed by atoms with E-state index in [-0.39, 0.29) is 12.2 Å². The van der Waals surface area contributed by atoms with Gasteiger partial charge < -0.3 is 110 Å². The molecule has 77 heavy (non-hydrogen) atoms. The van der Waals surface area contributed by atoms with Crippen molar-refractivity contribution in [3.8, 4) is 0 Å². The number of amides is 2. The van der Waals surface area contributed by atoms with Crippen LogP contribution < -0.4 is 10.6 Å². The van der Waals surface area contributed by atoms with Gasteiger partial charge in [-0.3, -0.25) is 9.59 Å². The van der Waals surface area contributed by atoms with Gasteiger partial charge in [-0.1, -0.05) is 95.0 Å². The van der Waals surface area contributed by atoms with E-state index in [1.807, 2.05) is 12.1 Å². The zero-order valence-electron chi connectivity index (χ0n) is 43.6. The van der Waals surface area contributed by atoms with Gasteiger partial charge in [0.1, 0.15) is 85.4 Å². The Labute approximate surface area is 445 Å². The summed E-state index contributed by atoms with van der Waals surface area (Å²) in [6.45, 7) is 1.65.